The summed E-state index contributed by atoms with van der Waals surface area (Å²) in [6.45, 7) is 9.22. The maximum absolute atomic E-state index is 13.2. The van der Waals surface area contributed by atoms with Crippen LogP contribution in [0, 0.1) is 11.8 Å². The van der Waals surface area contributed by atoms with Crippen molar-refractivity contribution in [1.29, 1.82) is 0 Å². The summed E-state index contributed by atoms with van der Waals surface area (Å²) < 4.78 is 33.1. The van der Waals surface area contributed by atoms with Crippen LogP contribution in [0.15, 0.2) is 23.1 Å². The molecule has 1 amide bonds. The zero-order valence-electron chi connectivity index (χ0n) is 16.5. The summed E-state index contributed by atoms with van der Waals surface area (Å²) in [5.74, 6) is 0.850. The van der Waals surface area contributed by atoms with Gasteiger partial charge in [0.15, 0.2) is 0 Å². The van der Waals surface area contributed by atoms with E-state index in [9.17, 15) is 13.2 Å². The highest BCUT2D eigenvalue weighted by Crippen LogP contribution is 2.26. The number of ether oxygens (including phenoxy) is 1. The molecule has 0 radical (unpaired) electrons. The normalized spacial score (nSPS) is 24.8. The van der Waals surface area contributed by atoms with Crippen molar-refractivity contribution in [3.63, 3.8) is 0 Å². The Labute approximate surface area is 162 Å². The molecule has 0 saturated carbocycles. The smallest absolute Gasteiger partial charge is 0.253 e. The Balaban J connectivity index is 1.92. The van der Waals surface area contributed by atoms with Gasteiger partial charge < -0.3 is 9.64 Å². The summed E-state index contributed by atoms with van der Waals surface area (Å²) in [6, 6.07) is 5.14. The number of piperidine rings is 1. The van der Waals surface area contributed by atoms with E-state index < -0.39 is 10.0 Å². The molecule has 1 aromatic rings. The Morgan fingerprint density at radius 3 is 2.37 bits per heavy atom. The zero-order chi connectivity index (χ0) is 19.6. The van der Waals surface area contributed by atoms with E-state index >= 15 is 0 Å². The van der Waals surface area contributed by atoms with E-state index in [0.29, 0.717) is 50.1 Å². The van der Waals surface area contributed by atoms with Crippen LogP contribution in [0.4, 0.5) is 0 Å². The van der Waals surface area contributed by atoms with Gasteiger partial charge in [0.2, 0.25) is 10.0 Å². The minimum Gasteiger partial charge on any atom is -0.379 e. The van der Waals surface area contributed by atoms with E-state index in [1.165, 1.54) is 4.31 Å². The minimum absolute atomic E-state index is 0.0746. The van der Waals surface area contributed by atoms with Crippen LogP contribution in [0.2, 0.25) is 0 Å². The number of rotatable bonds is 4. The number of hydrogen-bond acceptors (Lipinski definition) is 4. The van der Waals surface area contributed by atoms with Crippen LogP contribution in [0.5, 0.6) is 0 Å². The lowest BCUT2D eigenvalue weighted by Gasteiger charge is -2.35. The van der Waals surface area contributed by atoms with Gasteiger partial charge in [-0.1, -0.05) is 26.8 Å². The van der Waals surface area contributed by atoms with E-state index in [0.717, 1.165) is 25.1 Å². The van der Waals surface area contributed by atoms with Gasteiger partial charge in [-0.25, -0.2) is 8.42 Å². The van der Waals surface area contributed by atoms with Crippen molar-refractivity contribution in [2.45, 2.75) is 38.5 Å². The summed E-state index contributed by atoms with van der Waals surface area (Å²) in [4.78, 5) is 15.2. The highest BCUT2D eigenvalue weighted by atomic mass is 32.2. The second-order valence-electron chi connectivity index (χ2n) is 7.85. The lowest BCUT2D eigenvalue weighted by Crippen LogP contribution is -2.43. The van der Waals surface area contributed by atoms with Gasteiger partial charge >= 0.3 is 0 Å². The van der Waals surface area contributed by atoms with Crippen LogP contribution in [-0.2, 0) is 21.2 Å². The first-order valence-electron chi connectivity index (χ1n) is 9.83. The van der Waals surface area contributed by atoms with Crippen molar-refractivity contribution in [2.24, 2.45) is 11.8 Å². The number of nitrogens with zero attached hydrogens (tertiary/aromatic N) is 2. The average Bonchev–Trinajstić information content (AvgIpc) is 2.66. The second-order valence-corrected chi connectivity index (χ2v) is 9.76. The molecule has 6 nitrogen and oxygen atoms in total. The molecule has 0 spiro atoms. The molecule has 3 rings (SSSR count). The van der Waals surface area contributed by atoms with Crippen LogP contribution in [0.25, 0.3) is 0 Å². The fourth-order valence-electron chi connectivity index (χ4n) is 4.16. The molecule has 2 aliphatic heterocycles. The molecule has 0 aromatic heterocycles. The van der Waals surface area contributed by atoms with E-state index in [2.05, 4.69) is 13.8 Å². The molecule has 2 unspecified atom stereocenters. The van der Waals surface area contributed by atoms with Crippen molar-refractivity contribution in [2.75, 3.05) is 39.4 Å². The van der Waals surface area contributed by atoms with Gasteiger partial charge in [-0.2, -0.15) is 4.31 Å². The number of morpholine rings is 1. The first-order valence-corrected chi connectivity index (χ1v) is 11.3. The Bertz CT molecular complexity index is 777. The highest BCUT2D eigenvalue weighted by molar-refractivity contribution is 7.89. The number of aryl methyl sites for hydroxylation is 1. The summed E-state index contributed by atoms with van der Waals surface area (Å²) in [6.07, 6.45) is 1.72. The predicted octanol–water partition coefficient (Wildman–Crippen LogP) is 2.39. The topological polar surface area (TPSA) is 66.9 Å². The molecule has 2 atom stereocenters. The Hall–Kier alpha value is -1.44. The Morgan fingerprint density at radius 1 is 1.15 bits per heavy atom. The number of benzene rings is 1. The third-order valence-electron chi connectivity index (χ3n) is 5.44. The van der Waals surface area contributed by atoms with Crippen molar-refractivity contribution in [3.8, 4) is 0 Å². The van der Waals surface area contributed by atoms with Crippen molar-refractivity contribution in [3.05, 3.63) is 29.3 Å². The number of hydrogen-bond donors (Lipinski definition) is 0. The van der Waals surface area contributed by atoms with Gasteiger partial charge in [-0.15, -0.1) is 0 Å². The summed E-state index contributed by atoms with van der Waals surface area (Å²) in [7, 11) is -3.63. The Kier molecular flexibility index (Phi) is 6.23. The van der Waals surface area contributed by atoms with Crippen LogP contribution < -0.4 is 0 Å². The lowest BCUT2D eigenvalue weighted by atomic mass is 9.91. The fourth-order valence-corrected chi connectivity index (χ4v) is 5.88. The van der Waals surface area contributed by atoms with E-state index in [1.54, 1.807) is 18.2 Å². The molecule has 0 aliphatic carbocycles. The largest absolute Gasteiger partial charge is 0.379 e. The van der Waals surface area contributed by atoms with Gasteiger partial charge in [-0.3, -0.25) is 4.79 Å². The third-order valence-corrected chi connectivity index (χ3v) is 7.42. The van der Waals surface area contributed by atoms with Gasteiger partial charge in [0.25, 0.3) is 5.91 Å². The maximum Gasteiger partial charge on any atom is 0.253 e. The van der Waals surface area contributed by atoms with Gasteiger partial charge in [0, 0.05) is 31.7 Å². The monoisotopic (exact) mass is 394 g/mol. The molecule has 2 fully saturated rings. The van der Waals surface area contributed by atoms with Crippen molar-refractivity contribution in [1.82, 2.24) is 9.21 Å². The SMILES string of the molecule is CCc1ccc(C(=O)N2CC(C)CC(C)C2)cc1S(=O)(=O)N1CCOCC1. The maximum atomic E-state index is 13.2. The van der Waals surface area contributed by atoms with Crippen LogP contribution in [0.1, 0.15) is 43.1 Å². The first-order chi connectivity index (χ1) is 12.8. The quantitative estimate of drug-likeness (QED) is 0.786. The minimum atomic E-state index is -3.63. The van der Waals surface area contributed by atoms with Gasteiger partial charge in [0.05, 0.1) is 18.1 Å². The van der Waals surface area contributed by atoms with Crippen molar-refractivity contribution >= 4 is 15.9 Å². The molecule has 150 valence electrons. The second kappa shape index (κ2) is 8.29. The molecule has 7 heteroatoms. The van der Waals surface area contributed by atoms with E-state index in [-0.39, 0.29) is 10.8 Å². The summed E-state index contributed by atoms with van der Waals surface area (Å²) in [5, 5.41) is 0. The number of carbonyl (C=O) groups excluding carboxylic acids is 1. The molecular weight excluding hydrogens is 364 g/mol. The lowest BCUT2D eigenvalue weighted by molar-refractivity contribution is 0.0622. The Morgan fingerprint density at radius 2 is 1.78 bits per heavy atom. The van der Waals surface area contributed by atoms with Crippen LogP contribution >= 0.6 is 0 Å². The molecule has 2 heterocycles. The number of carbonyl (C=O) groups is 1. The summed E-state index contributed by atoms with van der Waals surface area (Å²) >= 11 is 0. The highest BCUT2D eigenvalue weighted by Gasteiger charge is 2.31. The summed E-state index contributed by atoms with van der Waals surface area (Å²) in [5.41, 5.74) is 1.21. The third kappa shape index (κ3) is 4.36. The van der Waals surface area contributed by atoms with Gasteiger partial charge in [-0.05, 0) is 42.4 Å². The number of sulfonamides is 1. The molecule has 2 aliphatic rings. The van der Waals surface area contributed by atoms with Crippen LogP contribution in [0.3, 0.4) is 0 Å². The number of likely N-dealkylation sites (tertiary alicyclic amines) is 1. The van der Waals surface area contributed by atoms with E-state index in [4.69, 9.17) is 4.74 Å². The molecule has 27 heavy (non-hydrogen) atoms. The zero-order valence-corrected chi connectivity index (χ0v) is 17.3. The first kappa shape index (κ1) is 20.3. The molecule has 1 aromatic carbocycles. The van der Waals surface area contributed by atoms with Crippen LogP contribution in [-0.4, -0.2) is 62.9 Å². The molecule has 0 N–H and O–H groups in total. The molecule has 2 saturated heterocycles. The molecular formula is C20H30N2O4S. The standard InChI is InChI=1S/C20H30N2O4S/c1-4-17-5-6-18(20(23)21-13-15(2)11-16(3)14-21)12-19(17)27(24,25)22-7-9-26-10-8-22/h5-6,12,15-16H,4,7-11,13-14H2,1-3H3. The van der Waals surface area contributed by atoms with E-state index in [1.807, 2.05) is 11.8 Å². The van der Waals surface area contributed by atoms with Gasteiger partial charge in [0.1, 0.15) is 0 Å². The van der Waals surface area contributed by atoms with Crippen molar-refractivity contribution < 1.29 is 17.9 Å². The number of amides is 1. The average molecular weight is 395 g/mol. The predicted molar refractivity (Wildman–Crippen MR) is 104 cm³/mol. The fraction of sp³-hybridized carbons (Fsp3) is 0.650. The molecule has 0 bridgehead atoms.